The number of imidazole rings is 1. The third-order valence-electron chi connectivity index (χ3n) is 6.90. The number of hydrogen-bond acceptors (Lipinski definition) is 6. The molecule has 0 saturated heterocycles. The van der Waals surface area contributed by atoms with Gasteiger partial charge in [0.1, 0.15) is 5.60 Å². The predicted molar refractivity (Wildman–Crippen MR) is 159 cm³/mol. The Labute approximate surface area is 237 Å². The number of carbonyl (C=O) groups excluding carboxylic acids is 3. The largest absolute Gasteiger partial charge is 0.456 e. The van der Waals surface area contributed by atoms with Gasteiger partial charge in [-0.15, -0.1) is 0 Å². The molecule has 2 amide bonds. The first-order chi connectivity index (χ1) is 19.0. The van der Waals surface area contributed by atoms with Crippen LogP contribution in [0.15, 0.2) is 83.0 Å². The molecule has 0 spiro atoms. The van der Waals surface area contributed by atoms with Crippen LogP contribution in [-0.2, 0) is 20.9 Å². The number of amides is 2. The van der Waals surface area contributed by atoms with Gasteiger partial charge in [-0.25, -0.2) is 14.7 Å². The summed E-state index contributed by atoms with van der Waals surface area (Å²) in [6, 6.07) is 21.0. The molecule has 0 atom stereocenters. The Morgan fingerprint density at radius 2 is 1.57 bits per heavy atom. The Balaban J connectivity index is 1.46. The van der Waals surface area contributed by atoms with Crippen molar-refractivity contribution in [1.82, 2.24) is 9.55 Å². The van der Waals surface area contributed by atoms with Crippen molar-refractivity contribution in [3.05, 3.63) is 89.0 Å². The molecule has 204 valence electrons. The van der Waals surface area contributed by atoms with Gasteiger partial charge in [-0.2, -0.15) is 0 Å². The number of anilines is 1. The van der Waals surface area contributed by atoms with E-state index >= 15 is 0 Å². The number of benzene rings is 3. The third kappa shape index (κ3) is 5.07. The molecule has 0 bridgehead atoms. The van der Waals surface area contributed by atoms with Crippen molar-refractivity contribution in [2.45, 2.75) is 51.9 Å². The van der Waals surface area contributed by atoms with E-state index in [0.29, 0.717) is 28.9 Å². The number of nitrogens with zero attached hydrogens (tertiary/aromatic N) is 3. The smallest absolute Gasteiger partial charge is 0.339 e. The summed E-state index contributed by atoms with van der Waals surface area (Å²) in [4.78, 5) is 44.4. The molecule has 1 aliphatic heterocycles. The Bertz CT molecular complexity index is 1670. The SMILES string of the molecule is CSc1nc2ccc(N3C(=O)C(C)=C(C)C3=O)cc2n1Cc1ccc(-c2ccccc2C(=O)OC(C)(C)C)cc1. The second-order valence-electron chi connectivity index (χ2n) is 10.8. The zero-order chi connectivity index (χ0) is 28.8. The summed E-state index contributed by atoms with van der Waals surface area (Å²) in [6.45, 7) is 9.47. The fraction of sp³-hybridized carbons (Fsp3) is 0.250. The molecule has 5 rings (SSSR count). The molecule has 0 fully saturated rings. The lowest BCUT2D eigenvalue weighted by molar-refractivity contribution is -0.120. The van der Waals surface area contributed by atoms with Crippen LogP contribution in [0.5, 0.6) is 0 Å². The maximum atomic E-state index is 12.8. The summed E-state index contributed by atoms with van der Waals surface area (Å²) in [7, 11) is 0. The van der Waals surface area contributed by atoms with Crippen molar-refractivity contribution >= 4 is 46.3 Å². The molecule has 0 radical (unpaired) electrons. The van der Waals surface area contributed by atoms with E-state index in [9.17, 15) is 14.4 Å². The van der Waals surface area contributed by atoms with Gasteiger partial charge < -0.3 is 9.30 Å². The van der Waals surface area contributed by atoms with Crippen LogP contribution in [0.1, 0.15) is 50.5 Å². The van der Waals surface area contributed by atoms with Crippen molar-refractivity contribution in [2.24, 2.45) is 0 Å². The number of rotatable bonds is 6. The van der Waals surface area contributed by atoms with Crippen LogP contribution in [0.2, 0.25) is 0 Å². The minimum atomic E-state index is -0.583. The van der Waals surface area contributed by atoms with Crippen LogP contribution in [-0.4, -0.2) is 39.2 Å². The molecule has 3 aromatic carbocycles. The molecular formula is C32H31N3O4S. The molecule has 0 saturated carbocycles. The first-order valence-electron chi connectivity index (χ1n) is 13.0. The molecule has 0 unspecified atom stereocenters. The zero-order valence-electron chi connectivity index (χ0n) is 23.4. The highest BCUT2D eigenvalue weighted by Gasteiger charge is 2.34. The maximum Gasteiger partial charge on any atom is 0.339 e. The van der Waals surface area contributed by atoms with Crippen LogP contribution >= 0.6 is 11.8 Å². The fourth-order valence-corrected chi connectivity index (χ4v) is 5.31. The number of ether oxygens (including phenoxy) is 1. The molecule has 0 N–H and O–H groups in total. The van der Waals surface area contributed by atoms with Gasteiger partial charge in [0.2, 0.25) is 0 Å². The number of thioether (sulfide) groups is 1. The van der Waals surface area contributed by atoms with E-state index in [1.54, 1.807) is 26.0 Å². The van der Waals surface area contributed by atoms with Gasteiger partial charge in [-0.3, -0.25) is 9.59 Å². The van der Waals surface area contributed by atoms with Crippen molar-refractivity contribution < 1.29 is 19.1 Å². The summed E-state index contributed by atoms with van der Waals surface area (Å²) in [6.07, 6.45) is 1.97. The van der Waals surface area contributed by atoms with Crippen LogP contribution in [0.25, 0.3) is 22.2 Å². The third-order valence-corrected chi connectivity index (χ3v) is 7.58. The maximum absolute atomic E-state index is 12.8. The standard InChI is InChI=1S/C32H31N3O4S/c1-19-20(2)29(37)35(28(19)36)23-15-16-26-27(17-23)34(31(33-26)40-6)18-21-11-13-22(14-12-21)24-9-7-8-10-25(24)30(38)39-32(3,4)5/h7-17H,18H2,1-6H3. The Hall–Kier alpha value is -4.17. The van der Waals surface area contributed by atoms with E-state index < -0.39 is 5.60 Å². The van der Waals surface area contributed by atoms with Gasteiger partial charge >= 0.3 is 5.97 Å². The summed E-state index contributed by atoms with van der Waals surface area (Å²) in [5, 5.41) is 0.830. The van der Waals surface area contributed by atoms with E-state index in [4.69, 9.17) is 9.72 Å². The van der Waals surface area contributed by atoms with Crippen molar-refractivity contribution in [3.63, 3.8) is 0 Å². The van der Waals surface area contributed by atoms with Crippen LogP contribution in [0, 0.1) is 0 Å². The fourth-order valence-electron chi connectivity index (χ4n) is 4.74. The van der Waals surface area contributed by atoms with E-state index in [0.717, 1.165) is 32.9 Å². The molecule has 40 heavy (non-hydrogen) atoms. The molecule has 1 aliphatic rings. The Kier molecular flexibility index (Phi) is 7.14. The van der Waals surface area contributed by atoms with E-state index in [1.807, 2.05) is 81.6 Å². The minimum Gasteiger partial charge on any atom is -0.456 e. The predicted octanol–water partition coefficient (Wildman–Crippen LogP) is 6.64. The average molecular weight is 554 g/mol. The van der Waals surface area contributed by atoms with Crippen LogP contribution < -0.4 is 4.90 Å². The zero-order valence-corrected chi connectivity index (χ0v) is 24.3. The first kappa shape index (κ1) is 27.4. The monoisotopic (exact) mass is 553 g/mol. The number of hydrogen-bond donors (Lipinski definition) is 0. The number of esters is 1. The Morgan fingerprint density at radius 3 is 2.20 bits per heavy atom. The molecule has 1 aromatic heterocycles. The van der Waals surface area contributed by atoms with Crippen molar-refractivity contribution in [3.8, 4) is 11.1 Å². The minimum absolute atomic E-state index is 0.291. The van der Waals surface area contributed by atoms with Crippen molar-refractivity contribution in [2.75, 3.05) is 11.2 Å². The van der Waals surface area contributed by atoms with Gasteiger partial charge in [0.15, 0.2) is 5.16 Å². The lowest BCUT2D eigenvalue weighted by atomic mass is 9.98. The lowest BCUT2D eigenvalue weighted by Gasteiger charge is -2.20. The first-order valence-corrected chi connectivity index (χ1v) is 14.2. The number of fused-ring (bicyclic) bond motifs is 1. The Morgan fingerprint density at radius 1 is 0.925 bits per heavy atom. The van der Waals surface area contributed by atoms with E-state index in [1.165, 1.54) is 16.7 Å². The van der Waals surface area contributed by atoms with Crippen LogP contribution in [0.4, 0.5) is 5.69 Å². The summed E-state index contributed by atoms with van der Waals surface area (Å²) >= 11 is 1.53. The van der Waals surface area contributed by atoms with E-state index in [2.05, 4.69) is 4.57 Å². The highest BCUT2D eigenvalue weighted by molar-refractivity contribution is 7.98. The van der Waals surface area contributed by atoms with Crippen molar-refractivity contribution in [1.29, 1.82) is 0 Å². The summed E-state index contributed by atoms with van der Waals surface area (Å²) in [5.74, 6) is -0.937. The van der Waals surface area contributed by atoms with Gasteiger partial charge in [-0.05, 0) is 81.8 Å². The number of imide groups is 1. The van der Waals surface area contributed by atoms with Crippen LogP contribution in [0.3, 0.4) is 0 Å². The van der Waals surface area contributed by atoms with Gasteiger partial charge in [-0.1, -0.05) is 54.2 Å². The molecule has 0 aliphatic carbocycles. The highest BCUT2D eigenvalue weighted by atomic mass is 32.2. The normalized spacial score (nSPS) is 14.0. The highest BCUT2D eigenvalue weighted by Crippen LogP contribution is 2.32. The number of aromatic nitrogens is 2. The summed E-state index contributed by atoms with van der Waals surface area (Å²) < 4.78 is 7.71. The van der Waals surface area contributed by atoms with E-state index in [-0.39, 0.29) is 17.8 Å². The quantitative estimate of drug-likeness (QED) is 0.151. The second kappa shape index (κ2) is 10.4. The molecule has 4 aromatic rings. The van der Waals surface area contributed by atoms with Gasteiger partial charge in [0.25, 0.3) is 11.8 Å². The molecule has 2 heterocycles. The lowest BCUT2D eigenvalue weighted by Crippen LogP contribution is -2.31. The topological polar surface area (TPSA) is 81.5 Å². The second-order valence-corrected chi connectivity index (χ2v) is 11.6. The average Bonchev–Trinajstić information content (AvgIpc) is 3.37. The molecular weight excluding hydrogens is 522 g/mol. The van der Waals surface area contributed by atoms with Gasteiger partial charge in [0, 0.05) is 11.1 Å². The number of carbonyl (C=O) groups is 3. The van der Waals surface area contributed by atoms with Gasteiger partial charge in [0.05, 0.1) is 28.8 Å². The summed E-state index contributed by atoms with van der Waals surface area (Å²) in [5.41, 5.74) is 5.80. The molecule has 7 nitrogen and oxygen atoms in total. The molecule has 8 heteroatoms.